The van der Waals surface area contributed by atoms with Crippen molar-refractivity contribution in [3.63, 3.8) is 0 Å². The van der Waals surface area contributed by atoms with E-state index in [0.29, 0.717) is 28.3 Å². The Morgan fingerprint density at radius 1 is 0.878 bits per heavy atom. The molecule has 3 aromatic rings. The molecule has 5 N–H and O–H groups in total. The number of anilines is 3. The third-order valence-electron chi connectivity index (χ3n) is 10.8. The minimum Gasteiger partial charge on any atom is -0.384 e. The molecular formula is C38H48N8O3. The number of hydrogen-bond donors (Lipinski definition) is 4. The van der Waals surface area contributed by atoms with E-state index in [1.807, 2.05) is 19.1 Å². The van der Waals surface area contributed by atoms with Gasteiger partial charge in [-0.15, -0.1) is 0 Å². The molecule has 49 heavy (non-hydrogen) atoms. The van der Waals surface area contributed by atoms with E-state index in [2.05, 4.69) is 62.0 Å². The van der Waals surface area contributed by atoms with Gasteiger partial charge in [0.25, 0.3) is 17.7 Å². The summed E-state index contributed by atoms with van der Waals surface area (Å²) in [6.07, 6.45) is 7.76. The Morgan fingerprint density at radius 2 is 1.57 bits per heavy atom. The zero-order valence-corrected chi connectivity index (χ0v) is 28.5. The van der Waals surface area contributed by atoms with Gasteiger partial charge in [0, 0.05) is 74.0 Å². The van der Waals surface area contributed by atoms with Crippen molar-refractivity contribution in [1.29, 1.82) is 0 Å². The second-order valence-electron chi connectivity index (χ2n) is 14.4. The summed E-state index contributed by atoms with van der Waals surface area (Å²) in [5, 5.41) is 9.70. The second-order valence-corrected chi connectivity index (χ2v) is 14.4. The number of likely N-dealkylation sites (N-methyl/N-ethyl adjacent to an activating group) is 1. The van der Waals surface area contributed by atoms with Crippen LogP contribution in [0.5, 0.6) is 0 Å². The van der Waals surface area contributed by atoms with Crippen molar-refractivity contribution in [2.45, 2.75) is 69.6 Å². The van der Waals surface area contributed by atoms with E-state index >= 15 is 0 Å². The summed E-state index contributed by atoms with van der Waals surface area (Å²) >= 11 is 0. The van der Waals surface area contributed by atoms with Gasteiger partial charge in [0.2, 0.25) is 0 Å². The third kappa shape index (κ3) is 7.51. The van der Waals surface area contributed by atoms with Crippen LogP contribution in [0.1, 0.15) is 88.1 Å². The normalized spacial score (nSPS) is 22.8. The number of piperidine rings is 1. The lowest BCUT2D eigenvalue weighted by atomic mass is 9.96. The highest BCUT2D eigenvalue weighted by molar-refractivity contribution is 6.02. The molecule has 1 saturated carbocycles. The second kappa shape index (κ2) is 14.1. The monoisotopic (exact) mass is 664 g/mol. The van der Waals surface area contributed by atoms with Gasteiger partial charge in [0.1, 0.15) is 5.82 Å². The van der Waals surface area contributed by atoms with Gasteiger partial charge in [0.15, 0.2) is 0 Å². The van der Waals surface area contributed by atoms with Crippen LogP contribution in [-0.2, 0) is 0 Å². The van der Waals surface area contributed by atoms with Gasteiger partial charge < -0.3 is 36.4 Å². The van der Waals surface area contributed by atoms with Crippen molar-refractivity contribution in [2.75, 3.05) is 54.9 Å². The van der Waals surface area contributed by atoms with Crippen LogP contribution in [0, 0.1) is 5.92 Å². The lowest BCUT2D eigenvalue weighted by Crippen LogP contribution is -2.50. The maximum absolute atomic E-state index is 13.3. The van der Waals surface area contributed by atoms with E-state index in [4.69, 9.17) is 10.7 Å². The molecule has 4 atom stereocenters. The van der Waals surface area contributed by atoms with Gasteiger partial charge in [-0.05, 0) is 106 Å². The summed E-state index contributed by atoms with van der Waals surface area (Å²) in [6, 6.07) is 17.8. The maximum Gasteiger partial charge on any atom is 0.253 e. The molecule has 2 aromatic carbocycles. The molecule has 4 aliphatic rings. The number of nitrogens with zero attached hydrogens (tertiary/aromatic N) is 4. The molecule has 3 saturated heterocycles. The number of aromatic nitrogens is 1. The number of fused-ring (bicyclic) bond motifs is 2. The first-order chi connectivity index (χ1) is 23.7. The number of amides is 3. The summed E-state index contributed by atoms with van der Waals surface area (Å²) in [6.45, 7) is 6.96. The number of nitrogens with one attached hydrogen (secondary N) is 3. The van der Waals surface area contributed by atoms with Crippen molar-refractivity contribution in [1.82, 2.24) is 20.5 Å². The molecule has 4 fully saturated rings. The molecule has 1 aliphatic carbocycles. The fourth-order valence-electron chi connectivity index (χ4n) is 7.64. The number of primary amides is 1. The van der Waals surface area contributed by atoms with Crippen molar-refractivity contribution in [3.8, 4) is 0 Å². The van der Waals surface area contributed by atoms with Crippen molar-refractivity contribution >= 4 is 34.9 Å². The maximum atomic E-state index is 13.3. The number of carbonyl (C=O) groups excluding carboxylic acids is 3. The average Bonchev–Trinajstić information content (AvgIpc) is 3.90. The average molecular weight is 665 g/mol. The minimum absolute atomic E-state index is 0.0436. The molecule has 11 heteroatoms. The zero-order chi connectivity index (χ0) is 34.1. The lowest BCUT2D eigenvalue weighted by Gasteiger charge is -2.40. The standard InChI is InChI=1S/C38H48N8O3/c1-24(26-5-9-30(10-6-26)45-17-15-44(2)16-18-45)42-38(49)28-8-14-35(41-23-28)46-31-11-12-32(46)21-29(20-31)43-37(48)27-7-13-33(36(39)47)34(19-27)40-22-25-3-4-25/h5-10,13-14,19,23-25,29,31-32,40H,3-4,11-12,15-18,20-22H2,1-2H3,(H2,39,47)(H,42,49)(H,43,48)/t24-,29?,31-,32+/m0/s1. The number of benzene rings is 2. The van der Waals surface area contributed by atoms with Crippen LogP contribution in [-0.4, -0.2) is 85.5 Å². The van der Waals surface area contributed by atoms with Gasteiger partial charge in [-0.1, -0.05) is 12.1 Å². The first kappa shape index (κ1) is 32.9. The quantitative estimate of drug-likeness (QED) is 0.240. The Balaban J connectivity index is 0.929. The van der Waals surface area contributed by atoms with E-state index in [1.54, 1.807) is 24.4 Å². The SMILES string of the molecule is C[C@H](NC(=O)c1ccc(N2[C@@H]3CC[C@H]2CC(NC(=O)c2ccc(C(N)=O)c(NCC4CC4)c2)C3)nc1)c1ccc(N2CCN(C)CC2)cc1. The Bertz CT molecular complexity index is 1650. The molecule has 3 aliphatic heterocycles. The number of rotatable bonds is 11. The van der Waals surface area contributed by atoms with Gasteiger partial charge in [0.05, 0.1) is 17.2 Å². The number of carbonyl (C=O) groups is 3. The predicted octanol–water partition coefficient (Wildman–Crippen LogP) is 4.18. The summed E-state index contributed by atoms with van der Waals surface area (Å²) in [7, 11) is 2.16. The van der Waals surface area contributed by atoms with Crippen LogP contribution in [0.3, 0.4) is 0 Å². The minimum atomic E-state index is -0.506. The summed E-state index contributed by atoms with van der Waals surface area (Å²) < 4.78 is 0. The van der Waals surface area contributed by atoms with E-state index in [-0.39, 0.29) is 36.0 Å². The van der Waals surface area contributed by atoms with Crippen molar-refractivity contribution < 1.29 is 14.4 Å². The zero-order valence-electron chi connectivity index (χ0n) is 28.5. The van der Waals surface area contributed by atoms with E-state index in [9.17, 15) is 14.4 Å². The van der Waals surface area contributed by atoms with Gasteiger partial charge >= 0.3 is 0 Å². The van der Waals surface area contributed by atoms with Crippen LogP contribution in [0.25, 0.3) is 0 Å². The molecule has 4 heterocycles. The Morgan fingerprint density at radius 3 is 2.20 bits per heavy atom. The highest BCUT2D eigenvalue weighted by Gasteiger charge is 2.42. The number of piperazine rings is 1. The van der Waals surface area contributed by atoms with Crippen molar-refractivity contribution in [2.24, 2.45) is 11.7 Å². The van der Waals surface area contributed by atoms with Crippen LogP contribution >= 0.6 is 0 Å². The third-order valence-corrected chi connectivity index (χ3v) is 10.8. The molecule has 0 spiro atoms. The first-order valence-corrected chi connectivity index (χ1v) is 17.8. The highest BCUT2D eigenvalue weighted by atomic mass is 16.2. The Labute approximate surface area is 288 Å². The largest absolute Gasteiger partial charge is 0.384 e. The predicted molar refractivity (Wildman–Crippen MR) is 192 cm³/mol. The molecule has 3 amide bonds. The molecule has 1 aromatic heterocycles. The molecular weight excluding hydrogens is 616 g/mol. The molecule has 0 radical (unpaired) electrons. The van der Waals surface area contributed by atoms with Crippen molar-refractivity contribution in [3.05, 3.63) is 83.0 Å². The smallest absolute Gasteiger partial charge is 0.253 e. The number of hydrogen-bond acceptors (Lipinski definition) is 8. The Hall–Kier alpha value is -4.64. The number of nitrogens with two attached hydrogens (primary N) is 1. The van der Waals surface area contributed by atoms with Gasteiger partial charge in [-0.3, -0.25) is 14.4 Å². The lowest BCUT2D eigenvalue weighted by molar-refractivity contribution is 0.0922. The molecule has 2 bridgehead atoms. The fourth-order valence-corrected chi connectivity index (χ4v) is 7.64. The van der Waals surface area contributed by atoms with Crippen LogP contribution in [0.4, 0.5) is 17.2 Å². The van der Waals surface area contributed by atoms with Crippen LogP contribution < -0.4 is 31.5 Å². The Kier molecular flexibility index (Phi) is 9.44. The first-order valence-electron chi connectivity index (χ1n) is 17.8. The van der Waals surface area contributed by atoms with E-state index < -0.39 is 5.91 Å². The van der Waals surface area contributed by atoms with Crippen LogP contribution in [0.15, 0.2) is 60.8 Å². The van der Waals surface area contributed by atoms with Gasteiger partial charge in [-0.2, -0.15) is 0 Å². The molecule has 258 valence electrons. The molecule has 11 nitrogen and oxygen atoms in total. The number of pyridine rings is 1. The fraction of sp³-hybridized carbons (Fsp3) is 0.474. The van der Waals surface area contributed by atoms with E-state index in [0.717, 1.165) is 69.8 Å². The topological polar surface area (TPSA) is 136 Å². The summed E-state index contributed by atoms with van der Waals surface area (Å²) in [4.78, 5) is 50.3. The molecule has 7 rings (SSSR count). The van der Waals surface area contributed by atoms with Gasteiger partial charge in [-0.25, -0.2) is 4.98 Å². The molecule has 1 unspecified atom stereocenters. The summed E-state index contributed by atoms with van der Waals surface area (Å²) in [5.74, 6) is 0.695. The summed E-state index contributed by atoms with van der Waals surface area (Å²) in [5.41, 5.74) is 9.95. The van der Waals surface area contributed by atoms with Crippen LogP contribution in [0.2, 0.25) is 0 Å². The van der Waals surface area contributed by atoms with E-state index in [1.165, 1.54) is 18.5 Å². The highest BCUT2D eigenvalue weighted by Crippen LogP contribution is 2.39.